The third-order valence-electron chi connectivity index (χ3n) is 4.46. The Bertz CT molecular complexity index is 948. The van der Waals surface area contributed by atoms with Crippen LogP contribution >= 0.6 is 0 Å². The number of carboxylic acid groups (broad SMARTS) is 1. The molecule has 0 unspecified atom stereocenters. The van der Waals surface area contributed by atoms with Crippen LogP contribution in [0.25, 0.3) is 0 Å². The lowest BCUT2D eigenvalue weighted by Gasteiger charge is -2.27. The Morgan fingerprint density at radius 3 is 2.19 bits per heavy atom. The van der Waals surface area contributed by atoms with E-state index in [9.17, 15) is 18.0 Å². The molecule has 0 aliphatic carbocycles. The number of anilines is 1. The van der Waals surface area contributed by atoms with Gasteiger partial charge in [0.05, 0.1) is 21.7 Å². The highest BCUT2D eigenvalue weighted by Crippen LogP contribution is 2.23. The van der Waals surface area contributed by atoms with Crippen molar-refractivity contribution in [1.29, 1.82) is 0 Å². The average molecular weight is 388 g/mol. The maximum absolute atomic E-state index is 12.8. The molecule has 3 rings (SSSR count). The van der Waals surface area contributed by atoms with Crippen molar-refractivity contribution in [2.75, 3.05) is 17.8 Å². The molecule has 0 spiro atoms. The first-order valence-electron chi connectivity index (χ1n) is 8.63. The van der Waals surface area contributed by atoms with Gasteiger partial charge < -0.3 is 10.0 Å². The van der Waals surface area contributed by atoms with Crippen molar-refractivity contribution < 1.29 is 23.1 Å². The molecule has 0 saturated carbocycles. The Morgan fingerprint density at radius 1 is 0.926 bits per heavy atom. The number of likely N-dealkylation sites (tertiary alicyclic amines) is 1. The molecule has 27 heavy (non-hydrogen) atoms. The Balaban J connectivity index is 1.86. The average Bonchev–Trinajstić information content (AvgIpc) is 2.68. The molecule has 7 nitrogen and oxygen atoms in total. The van der Waals surface area contributed by atoms with E-state index in [0.717, 1.165) is 19.3 Å². The van der Waals surface area contributed by atoms with Crippen LogP contribution in [-0.4, -0.2) is 43.4 Å². The minimum absolute atomic E-state index is 0.00498. The Labute approximate surface area is 157 Å². The van der Waals surface area contributed by atoms with Crippen LogP contribution in [0.4, 0.5) is 5.69 Å². The van der Waals surface area contributed by atoms with Crippen molar-refractivity contribution in [2.24, 2.45) is 0 Å². The van der Waals surface area contributed by atoms with Crippen LogP contribution in [0.3, 0.4) is 0 Å². The van der Waals surface area contributed by atoms with E-state index < -0.39 is 16.0 Å². The fourth-order valence-electron chi connectivity index (χ4n) is 3.01. The number of nitrogens with zero attached hydrogens (tertiary/aromatic N) is 1. The first kappa shape index (κ1) is 18.9. The standard InChI is InChI=1S/C19H20N2O5S/c22-18(21-12-4-1-5-13-21)16-6-2-3-7-17(16)20-27(25,26)15-10-8-14(9-11-15)19(23)24/h2-3,6-11,20H,1,4-5,12-13H2,(H,23,24). The largest absolute Gasteiger partial charge is 0.478 e. The summed E-state index contributed by atoms with van der Waals surface area (Å²) in [6.45, 7) is 1.33. The fourth-order valence-corrected chi connectivity index (χ4v) is 4.09. The van der Waals surface area contributed by atoms with Crippen LogP contribution in [-0.2, 0) is 10.0 Å². The molecule has 1 aliphatic rings. The Hall–Kier alpha value is -2.87. The van der Waals surface area contributed by atoms with Gasteiger partial charge in [-0.15, -0.1) is 0 Å². The van der Waals surface area contributed by atoms with Crippen LogP contribution in [0.1, 0.15) is 40.0 Å². The maximum Gasteiger partial charge on any atom is 0.335 e. The topological polar surface area (TPSA) is 104 Å². The normalized spacial score (nSPS) is 14.6. The second-order valence-corrected chi connectivity index (χ2v) is 8.02. The molecule has 0 atom stereocenters. The SMILES string of the molecule is O=C(O)c1ccc(S(=O)(=O)Nc2ccccc2C(=O)N2CCCCC2)cc1. The quantitative estimate of drug-likeness (QED) is 0.820. The number of sulfonamides is 1. The first-order chi connectivity index (χ1) is 12.9. The summed E-state index contributed by atoms with van der Waals surface area (Å²) >= 11 is 0. The van der Waals surface area contributed by atoms with E-state index >= 15 is 0 Å². The molecule has 1 aliphatic heterocycles. The third kappa shape index (κ3) is 4.28. The first-order valence-corrected chi connectivity index (χ1v) is 10.1. The molecule has 0 radical (unpaired) electrons. The van der Waals surface area contributed by atoms with E-state index in [1.807, 2.05) is 0 Å². The monoisotopic (exact) mass is 388 g/mol. The molecule has 2 aromatic rings. The van der Waals surface area contributed by atoms with Crippen LogP contribution in [0.5, 0.6) is 0 Å². The lowest BCUT2D eigenvalue weighted by molar-refractivity contribution is 0.0694. The smallest absolute Gasteiger partial charge is 0.335 e. The van der Waals surface area contributed by atoms with Gasteiger partial charge in [0.25, 0.3) is 15.9 Å². The molecular formula is C19H20N2O5S. The van der Waals surface area contributed by atoms with Crippen molar-refractivity contribution in [2.45, 2.75) is 24.2 Å². The van der Waals surface area contributed by atoms with E-state index in [-0.39, 0.29) is 22.1 Å². The molecule has 2 N–H and O–H groups in total. The van der Waals surface area contributed by atoms with Gasteiger partial charge >= 0.3 is 5.97 Å². The number of carboxylic acids is 1. The van der Waals surface area contributed by atoms with Crippen LogP contribution < -0.4 is 4.72 Å². The van der Waals surface area contributed by atoms with Crippen LogP contribution in [0.2, 0.25) is 0 Å². The molecule has 0 bridgehead atoms. The number of para-hydroxylation sites is 1. The van der Waals surface area contributed by atoms with Crippen molar-refractivity contribution in [1.82, 2.24) is 4.90 Å². The number of amides is 1. The highest BCUT2D eigenvalue weighted by molar-refractivity contribution is 7.92. The number of rotatable bonds is 5. The summed E-state index contributed by atoms with van der Waals surface area (Å²) in [7, 11) is -3.96. The van der Waals surface area contributed by atoms with Gasteiger partial charge in [-0.2, -0.15) is 0 Å². The summed E-state index contributed by atoms with van der Waals surface area (Å²) in [6.07, 6.45) is 2.97. The highest BCUT2D eigenvalue weighted by Gasteiger charge is 2.23. The number of carbonyl (C=O) groups is 2. The lowest BCUT2D eigenvalue weighted by atomic mass is 10.1. The summed E-state index contributed by atoms with van der Waals surface area (Å²) in [5.74, 6) is -1.33. The van der Waals surface area contributed by atoms with Gasteiger partial charge in [0.15, 0.2) is 0 Å². The van der Waals surface area contributed by atoms with Gasteiger partial charge in [0, 0.05) is 13.1 Å². The molecular weight excluding hydrogens is 368 g/mol. The Morgan fingerprint density at radius 2 is 1.56 bits per heavy atom. The molecule has 2 aromatic carbocycles. The number of hydrogen-bond acceptors (Lipinski definition) is 4. The van der Waals surface area contributed by atoms with Gasteiger partial charge in [-0.1, -0.05) is 12.1 Å². The zero-order valence-electron chi connectivity index (χ0n) is 14.6. The van der Waals surface area contributed by atoms with Gasteiger partial charge in [0.2, 0.25) is 0 Å². The maximum atomic E-state index is 12.8. The second-order valence-electron chi connectivity index (χ2n) is 6.33. The van der Waals surface area contributed by atoms with E-state index in [4.69, 9.17) is 5.11 Å². The van der Waals surface area contributed by atoms with Gasteiger partial charge in [-0.25, -0.2) is 13.2 Å². The second kappa shape index (κ2) is 7.79. The van der Waals surface area contributed by atoms with E-state index in [1.54, 1.807) is 29.2 Å². The third-order valence-corrected chi connectivity index (χ3v) is 5.84. The van der Waals surface area contributed by atoms with Crippen LogP contribution in [0, 0.1) is 0 Å². The van der Waals surface area contributed by atoms with E-state index in [2.05, 4.69) is 4.72 Å². The van der Waals surface area contributed by atoms with Crippen LogP contribution in [0.15, 0.2) is 53.4 Å². The molecule has 1 fully saturated rings. The number of benzene rings is 2. The number of nitrogens with one attached hydrogen (secondary N) is 1. The predicted molar refractivity (Wildman–Crippen MR) is 100 cm³/mol. The van der Waals surface area contributed by atoms with E-state index in [0.29, 0.717) is 18.7 Å². The van der Waals surface area contributed by atoms with Gasteiger partial charge in [-0.05, 0) is 55.7 Å². The van der Waals surface area contributed by atoms with E-state index in [1.165, 1.54) is 24.3 Å². The zero-order valence-corrected chi connectivity index (χ0v) is 15.4. The summed E-state index contributed by atoms with van der Waals surface area (Å²) in [4.78, 5) is 25.4. The van der Waals surface area contributed by atoms with Gasteiger partial charge in [-0.3, -0.25) is 9.52 Å². The van der Waals surface area contributed by atoms with Crippen molar-refractivity contribution in [3.63, 3.8) is 0 Å². The number of carbonyl (C=O) groups excluding carboxylic acids is 1. The van der Waals surface area contributed by atoms with Crippen molar-refractivity contribution >= 4 is 27.6 Å². The molecule has 8 heteroatoms. The summed E-state index contributed by atoms with van der Waals surface area (Å²) in [5.41, 5.74) is 0.496. The number of aromatic carboxylic acids is 1. The summed E-state index contributed by atoms with van der Waals surface area (Å²) in [5, 5.41) is 8.93. The predicted octanol–water partition coefficient (Wildman–Crippen LogP) is 2.81. The van der Waals surface area contributed by atoms with Crippen molar-refractivity contribution in [3.05, 3.63) is 59.7 Å². The van der Waals surface area contributed by atoms with Crippen molar-refractivity contribution in [3.8, 4) is 0 Å². The minimum atomic E-state index is -3.96. The molecule has 142 valence electrons. The summed E-state index contributed by atoms with van der Waals surface area (Å²) < 4.78 is 27.7. The molecule has 1 heterocycles. The minimum Gasteiger partial charge on any atom is -0.478 e. The number of hydrogen-bond donors (Lipinski definition) is 2. The van der Waals surface area contributed by atoms with Gasteiger partial charge in [0.1, 0.15) is 0 Å². The number of piperidine rings is 1. The zero-order chi connectivity index (χ0) is 19.4. The Kier molecular flexibility index (Phi) is 5.46. The fraction of sp³-hybridized carbons (Fsp3) is 0.263. The molecule has 0 aromatic heterocycles. The molecule has 1 amide bonds. The summed E-state index contributed by atoms with van der Waals surface area (Å²) in [6, 6.07) is 11.4. The molecule has 1 saturated heterocycles. The lowest BCUT2D eigenvalue weighted by Crippen LogP contribution is -2.36. The highest BCUT2D eigenvalue weighted by atomic mass is 32.2.